The number of hydrogen-bond donors (Lipinski definition) is 1. The fourth-order valence-electron chi connectivity index (χ4n) is 4.16. The average Bonchev–Trinajstić information content (AvgIpc) is 3.03. The zero-order chi connectivity index (χ0) is 20.1. The zero-order valence-electron chi connectivity index (χ0n) is 17.4. The molecule has 150 valence electrons. The minimum atomic E-state index is -0.0589. The Kier molecular flexibility index (Phi) is 6.68. The highest BCUT2D eigenvalue weighted by Gasteiger charge is 2.30. The zero-order valence-corrected chi connectivity index (χ0v) is 17.4. The van der Waals surface area contributed by atoms with Crippen molar-refractivity contribution in [2.45, 2.75) is 45.6 Å². The second-order valence-corrected chi connectivity index (χ2v) is 7.81. The summed E-state index contributed by atoms with van der Waals surface area (Å²) in [5.74, 6) is -0.0589. The van der Waals surface area contributed by atoms with Crippen molar-refractivity contribution in [2.75, 3.05) is 19.6 Å². The van der Waals surface area contributed by atoms with Crippen molar-refractivity contribution in [1.29, 1.82) is 0 Å². The van der Waals surface area contributed by atoms with Crippen molar-refractivity contribution in [3.63, 3.8) is 0 Å². The molecule has 1 atom stereocenters. The summed E-state index contributed by atoms with van der Waals surface area (Å²) in [6.07, 6.45) is 3.77. The monoisotopic (exact) mass is 380 g/mol. The van der Waals surface area contributed by atoms with E-state index in [1.54, 1.807) is 0 Å². The van der Waals surface area contributed by atoms with Crippen LogP contribution in [0.15, 0.2) is 42.5 Å². The molecule has 1 aliphatic rings. The van der Waals surface area contributed by atoms with E-state index >= 15 is 0 Å². The number of carbonyl (C=O) groups excluding carboxylic acids is 1. The fraction of sp³-hybridized carbons (Fsp3) is 0.478. The maximum atomic E-state index is 12.8. The lowest BCUT2D eigenvalue weighted by Gasteiger charge is -2.34. The minimum Gasteiger partial charge on any atom is -0.350 e. The van der Waals surface area contributed by atoms with Crippen molar-refractivity contribution < 1.29 is 4.79 Å². The van der Waals surface area contributed by atoms with Crippen molar-refractivity contribution in [3.8, 4) is 0 Å². The predicted molar refractivity (Wildman–Crippen MR) is 114 cm³/mol. The largest absolute Gasteiger partial charge is 0.350 e. The highest BCUT2D eigenvalue weighted by atomic mass is 16.1. The van der Waals surface area contributed by atoms with E-state index in [0.29, 0.717) is 18.3 Å². The molecule has 0 saturated heterocycles. The minimum absolute atomic E-state index is 0.0589. The molecule has 1 aromatic heterocycles. The number of hydrogen-bond acceptors (Lipinski definition) is 3. The molecule has 2 aromatic rings. The Morgan fingerprint density at radius 3 is 2.79 bits per heavy atom. The summed E-state index contributed by atoms with van der Waals surface area (Å²) in [6, 6.07) is 10.7. The summed E-state index contributed by atoms with van der Waals surface area (Å²) in [5.41, 5.74) is 5.33. The van der Waals surface area contributed by atoms with Gasteiger partial charge in [0.2, 0.25) is 0 Å². The van der Waals surface area contributed by atoms with E-state index in [4.69, 9.17) is 0 Å². The van der Waals surface area contributed by atoms with Crippen LogP contribution < -0.4 is 5.32 Å². The van der Waals surface area contributed by atoms with Crippen LogP contribution in [0.4, 0.5) is 0 Å². The van der Waals surface area contributed by atoms with E-state index in [-0.39, 0.29) is 5.91 Å². The Bertz CT molecular complexity index is 825. The maximum Gasteiger partial charge on any atom is 0.272 e. The van der Waals surface area contributed by atoms with Gasteiger partial charge in [0, 0.05) is 37.4 Å². The molecule has 0 saturated carbocycles. The number of likely N-dealkylation sites (N-methyl/N-ethyl adjacent to an activating group) is 1. The SMILES string of the molecule is C=C(C)CN(CC)[C@@H]1CCc2c(c(C(=O)NCCc3ccccc3)nn2C)C1. The van der Waals surface area contributed by atoms with E-state index in [9.17, 15) is 4.79 Å². The summed E-state index contributed by atoms with van der Waals surface area (Å²) in [5, 5.41) is 7.63. The van der Waals surface area contributed by atoms with Crippen molar-refractivity contribution in [3.05, 3.63) is 65.0 Å². The molecule has 0 bridgehead atoms. The van der Waals surface area contributed by atoms with Gasteiger partial charge in [-0.15, -0.1) is 0 Å². The lowest BCUT2D eigenvalue weighted by atomic mass is 9.90. The molecule has 1 aliphatic carbocycles. The van der Waals surface area contributed by atoms with Crippen LogP contribution in [0.25, 0.3) is 0 Å². The van der Waals surface area contributed by atoms with E-state index in [1.807, 2.05) is 29.9 Å². The molecule has 0 aliphatic heterocycles. The lowest BCUT2D eigenvalue weighted by molar-refractivity contribution is 0.0946. The van der Waals surface area contributed by atoms with Crippen LogP contribution in [0.5, 0.6) is 0 Å². The van der Waals surface area contributed by atoms with Crippen molar-refractivity contribution in [2.24, 2.45) is 7.05 Å². The van der Waals surface area contributed by atoms with Gasteiger partial charge < -0.3 is 5.32 Å². The molecule has 1 amide bonds. The van der Waals surface area contributed by atoms with Gasteiger partial charge in [-0.3, -0.25) is 14.4 Å². The van der Waals surface area contributed by atoms with Gasteiger partial charge >= 0.3 is 0 Å². The van der Waals surface area contributed by atoms with Crippen molar-refractivity contribution >= 4 is 5.91 Å². The molecular weight excluding hydrogens is 348 g/mol. The Labute approximate surface area is 168 Å². The van der Waals surface area contributed by atoms with E-state index < -0.39 is 0 Å². The summed E-state index contributed by atoms with van der Waals surface area (Å²) in [7, 11) is 1.95. The van der Waals surface area contributed by atoms with E-state index in [1.165, 1.54) is 16.8 Å². The van der Waals surface area contributed by atoms with Crippen LogP contribution in [0.3, 0.4) is 0 Å². The molecule has 1 heterocycles. The number of benzene rings is 1. The number of fused-ring (bicyclic) bond motifs is 1. The Balaban J connectivity index is 1.68. The number of rotatable bonds is 8. The number of nitrogens with one attached hydrogen (secondary N) is 1. The molecule has 1 N–H and O–H groups in total. The van der Waals surface area contributed by atoms with Gasteiger partial charge in [0.25, 0.3) is 5.91 Å². The van der Waals surface area contributed by atoms with Gasteiger partial charge in [0.05, 0.1) is 0 Å². The van der Waals surface area contributed by atoms with Gasteiger partial charge in [-0.1, -0.05) is 49.4 Å². The summed E-state index contributed by atoms with van der Waals surface area (Å²) < 4.78 is 1.90. The standard InChI is InChI=1S/C23H32N4O/c1-5-27(16-17(2)3)19-11-12-21-20(15-19)22(25-26(21)4)23(28)24-14-13-18-9-7-6-8-10-18/h6-10,19H,2,5,11-16H2,1,3-4H3,(H,24,28)/t19-/m1/s1. The van der Waals surface area contributed by atoms with Crippen LogP contribution in [0.2, 0.25) is 0 Å². The summed E-state index contributed by atoms with van der Waals surface area (Å²) in [4.78, 5) is 15.3. The molecule has 0 radical (unpaired) electrons. The van der Waals surface area contributed by atoms with Gasteiger partial charge in [-0.05, 0) is 44.7 Å². The molecule has 3 rings (SSSR count). The van der Waals surface area contributed by atoms with Crippen LogP contribution in [-0.2, 0) is 26.3 Å². The van der Waals surface area contributed by atoms with Crippen LogP contribution >= 0.6 is 0 Å². The van der Waals surface area contributed by atoms with Crippen LogP contribution in [-0.4, -0.2) is 46.3 Å². The first-order valence-electron chi connectivity index (χ1n) is 10.2. The topological polar surface area (TPSA) is 50.2 Å². The smallest absolute Gasteiger partial charge is 0.272 e. The number of amides is 1. The predicted octanol–water partition coefficient (Wildman–Crippen LogP) is 3.15. The van der Waals surface area contributed by atoms with Gasteiger partial charge in [0.1, 0.15) is 0 Å². The van der Waals surface area contributed by atoms with Gasteiger partial charge in [0.15, 0.2) is 5.69 Å². The van der Waals surface area contributed by atoms with Gasteiger partial charge in [-0.25, -0.2) is 0 Å². The summed E-state index contributed by atoms with van der Waals surface area (Å²) >= 11 is 0. The number of nitrogens with zero attached hydrogens (tertiary/aromatic N) is 3. The first kappa shape index (κ1) is 20.3. The second-order valence-electron chi connectivity index (χ2n) is 7.81. The highest BCUT2D eigenvalue weighted by molar-refractivity contribution is 5.94. The highest BCUT2D eigenvalue weighted by Crippen LogP contribution is 2.27. The van der Waals surface area contributed by atoms with Crippen LogP contribution in [0.1, 0.15) is 47.6 Å². The first-order chi connectivity index (χ1) is 13.5. The Morgan fingerprint density at radius 1 is 1.36 bits per heavy atom. The third-order valence-corrected chi connectivity index (χ3v) is 5.58. The van der Waals surface area contributed by atoms with E-state index in [0.717, 1.165) is 44.3 Å². The number of carbonyl (C=O) groups is 1. The fourth-order valence-corrected chi connectivity index (χ4v) is 4.16. The average molecular weight is 381 g/mol. The van der Waals surface area contributed by atoms with E-state index in [2.05, 4.69) is 47.9 Å². The molecule has 5 heteroatoms. The van der Waals surface area contributed by atoms with Crippen LogP contribution in [0, 0.1) is 0 Å². The molecule has 0 fully saturated rings. The third kappa shape index (κ3) is 4.71. The molecule has 0 spiro atoms. The number of aryl methyl sites for hydroxylation is 1. The first-order valence-corrected chi connectivity index (χ1v) is 10.2. The Hall–Kier alpha value is -2.40. The molecular formula is C23H32N4O. The normalized spacial score (nSPS) is 16.1. The maximum absolute atomic E-state index is 12.8. The molecule has 5 nitrogen and oxygen atoms in total. The third-order valence-electron chi connectivity index (χ3n) is 5.58. The Morgan fingerprint density at radius 2 is 2.11 bits per heavy atom. The van der Waals surface area contributed by atoms with Gasteiger partial charge in [-0.2, -0.15) is 5.10 Å². The molecule has 28 heavy (non-hydrogen) atoms. The quantitative estimate of drug-likeness (QED) is 0.716. The van der Waals surface area contributed by atoms with Crippen molar-refractivity contribution in [1.82, 2.24) is 20.0 Å². The number of aromatic nitrogens is 2. The summed E-state index contributed by atoms with van der Waals surface area (Å²) in [6.45, 7) is 10.9. The molecule has 1 aromatic carbocycles. The molecule has 0 unspecified atom stereocenters. The lowest BCUT2D eigenvalue weighted by Crippen LogP contribution is -2.40. The second kappa shape index (κ2) is 9.20.